The van der Waals surface area contributed by atoms with Gasteiger partial charge in [-0.05, 0) is 42.9 Å². The Balaban J connectivity index is 1.88. The lowest BCUT2D eigenvalue weighted by molar-refractivity contribution is -0.139. The zero-order chi connectivity index (χ0) is 21.3. The number of amides is 2. The molecule has 1 atom stereocenters. The molecule has 1 fully saturated rings. The van der Waals surface area contributed by atoms with E-state index in [0.717, 1.165) is 42.4 Å². The smallest absolute Gasteiger partial charge is 0.247 e. The second-order valence-corrected chi connectivity index (χ2v) is 8.33. The minimum atomic E-state index is -0.678. The number of carbonyl (C=O) groups excluding carboxylic acids is 2. The second kappa shape index (κ2) is 11.2. The Labute approximate surface area is 184 Å². The third kappa shape index (κ3) is 5.85. The maximum Gasteiger partial charge on any atom is 0.247 e. The average molecular weight is 427 g/mol. The molecule has 0 bridgehead atoms. The van der Waals surface area contributed by atoms with Gasteiger partial charge in [0.1, 0.15) is 11.9 Å². The highest BCUT2D eigenvalue weighted by molar-refractivity contribution is 6.27. The molecule has 5 heteroatoms. The fourth-order valence-corrected chi connectivity index (χ4v) is 4.39. The molecular weight excluding hydrogens is 396 g/mol. The van der Waals surface area contributed by atoms with Crippen molar-refractivity contribution >= 4 is 23.4 Å². The Morgan fingerprint density at radius 2 is 1.70 bits per heavy atom. The highest BCUT2D eigenvalue weighted by Gasteiger charge is 2.33. The predicted octanol–water partition coefficient (Wildman–Crippen LogP) is 4.80. The topological polar surface area (TPSA) is 49.4 Å². The Morgan fingerprint density at radius 1 is 1.03 bits per heavy atom. The number of benzene rings is 2. The van der Waals surface area contributed by atoms with Crippen molar-refractivity contribution in [3.05, 3.63) is 71.3 Å². The monoisotopic (exact) mass is 426 g/mol. The molecule has 30 heavy (non-hydrogen) atoms. The predicted molar refractivity (Wildman–Crippen MR) is 122 cm³/mol. The van der Waals surface area contributed by atoms with E-state index in [4.69, 9.17) is 11.6 Å². The summed E-state index contributed by atoms with van der Waals surface area (Å²) in [6.07, 6.45) is 6.17. The summed E-state index contributed by atoms with van der Waals surface area (Å²) in [6.45, 7) is 2.42. The van der Waals surface area contributed by atoms with Crippen LogP contribution in [0.5, 0.6) is 0 Å². The third-order valence-electron chi connectivity index (χ3n) is 5.91. The zero-order valence-electron chi connectivity index (χ0n) is 17.6. The summed E-state index contributed by atoms with van der Waals surface area (Å²) in [6, 6.07) is 17.3. The number of hydrogen-bond acceptors (Lipinski definition) is 2. The summed E-state index contributed by atoms with van der Waals surface area (Å²) in [5.41, 5.74) is 2.98. The first-order valence-corrected chi connectivity index (χ1v) is 11.4. The van der Waals surface area contributed by atoms with E-state index in [0.29, 0.717) is 13.0 Å². The van der Waals surface area contributed by atoms with Gasteiger partial charge in [0, 0.05) is 12.6 Å². The molecular formula is C25H31ClN2O2. The molecule has 1 saturated carbocycles. The molecule has 1 N–H and O–H groups in total. The van der Waals surface area contributed by atoms with Crippen LogP contribution in [0.3, 0.4) is 0 Å². The molecule has 160 valence electrons. The van der Waals surface area contributed by atoms with Crippen molar-refractivity contribution in [3.8, 4) is 0 Å². The number of nitrogens with one attached hydrogen (secondary N) is 1. The fraction of sp³-hybridized carbons (Fsp3) is 0.440. The van der Waals surface area contributed by atoms with Crippen LogP contribution in [0.4, 0.5) is 0 Å². The Morgan fingerprint density at radius 3 is 2.37 bits per heavy atom. The molecule has 2 aromatic rings. The lowest BCUT2D eigenvalue weighted by atomic mass is 9.94. The van der Waals surface area contributed by atoms with Gasteiger partial charge < -0.3 is 10.2 Å². The van der Waals surface area contributed by atoms with Crippen LogP contribution in [0.25, 0.3) is 0 Å². The Kier molecular flexibility index (Phi) is 8.32. The molecule has 1 aliphatic carbocycles. The highest BCUT2D eigenvalue weighted by Crippen LogP contribution is 2.27. The third-order valence-corrected chi connectivity index (χ3v) is 6.14. The van der Waals surface area contributed by atoms with Gasteiger partial charge in [0.15, 0.2) is 0 Å². The average Bonchev–Trinajstić information content (AvgIpc) is 2.78. The normalized spacial score (nSPS) is 15.4. The number of hydrogen-bond donors (Lipinski definition) is 1. The summed E-state index contributed by atoms with van der Waals surface area (Å²) in [7, 11) is 0. The van der Waals surface area contributed by atoms with E-state index in [-0.39, 0.29) is 23.7 Å². The molecule has 0 aliphatic heterocycles. The SMILES string of the molecule is Cc1ccccc1[C@H](C(=O)NC1CCCCC1)N(CCc1ccccc1)C(=O)CCl. The number of nitrogens with zero attached hydrogens (tertiary/aromatic N) is 1. The molecule has 0 spiro atoms. The largest absolute Gasteiger partial charge is 0.351 e. The van der Waals surface area contributed by atoms with Crippen molar-refractivity contribution < 1.29 is 9.59 Å². The number of halogens is 1. The highest BCUT2D eigenvalue weighted by atomic mass is 35.5. The molecule has 0 radical (unpaired) electrons. The first kappa shape index (κ1) is 22.4. The van der Waals surface area contributed by atoms with Gasteiger partial charge in [-0.15, -0.1) is 11.6 Å². The Bertz CT molecular complexity index is 834. The summed E-state index contributed by atoms with van der Waals surface area (Å²) >= 11 is 5.97. The zero-order valence-corrected chi connectivity index (χ0v) is 18.4. The first-order valence-electron chi connectivity index (χ1n) is 10.9. The molecule has 0 heterocycles. The number of rotatable bonds is 8. The van der Waals surface area contributed by atoms with Crippen LogP contribution in [-0.4, -0.2) is 35.2 Å². The van der Waals surface area contributed by atoms with E-state index < -0.39 is 6.04 Å². The van der Waals surface area contributed by atoms with E-state index in [1.807, 2.05) is 61.5 Å². The van der Waals surface area contributed by atoms with Crippen LogP contribution < -0.4 is 5.32 Å². The van der Waals surface area contributed by atoms with Crippen molar-refractivity contribution in [2.75, 3.05) is 12.4 Å². The van der Waals surface area contributed by atoms with Crippen LogP contribution in [0.1, 0.15) is 54.8 Å². The van der Waals surface area contributed by atoms with Gasteiger partial charge in [-0.2, -0.15) is 0 Å². The molecule has 3 rings (SSSR count). The van der Waals surface area contributed by atoms with Gasteiger partial charge in [-0.3, -0.25) is 9.59 Å². The van der Waals surface area contributed by atoms with Crippen molar-refractivity contribution in [2.24, 2.45) is 0 Å². The number of alkyl halides is 1. The fourth-order valence-electron chi connectivity index (χ4n) is 4.24. The summed E-state index contributed by atoms with van der Waals surface area (Å²) in [5, 5.41) is 3.23. The molecule has 2 amide bonds. The molecule has 0 aromatic heterocycles. The van der Waals surface area contributed by atoms with E-state index in [2.05, 4.69) is 5.32 Å². The lowest BCUT2D eigenvalue weighted by Gasteiger charge is -2.34. The lowest BCUT2D eigenvalue weighted by Crippen LogP contribution is -2.48. The molecule has 1 aliphatic rings. The van der Waals surface area contributed by atoms with Crippen LogP contribution >= 0.6 is 11.6 Å². The van der Waals surface area contributed by atoms with Crippen LogP contribution in [0, 0.1) is 6.92 Å². The number of aryl methyl sites for hydroxylation is 1. The van der Waals surface area contributed by atoms with Crippen molar-refractivity contribution in [1.29, 1.82) is 0 Å². The second-order valence-electron chi connectivity index (χ2n) is 8.06. The molecule has 4 nitrogen and oxygen atoms in total. The van der Waals surface area contributed by atoms with E-state index in [9.17, 15) is 9.59 Å². The van der Waals surface area contributed by atoms with E-state index >= 15 is 0 Å². The standard InChI is InChI=1S/C25H31ClN2O2/c1-19-10-8-9-15-22(19)24(25(30)27-21-13-6-3-7-14-21)28(23(29)18-26)17-16-20-11-4-2-5-12-20/h2,4-5,8-12,15,21,24H,3,6-7,13-14,16-18H2,1H3,(H,27,30)/t24-/m1/s1. The maximum absolute atomic E-state index is 13.5. The van der Waals surface area contributed by atoms with Crippen LogP contribution in [0.2, 0.25) is 0 Å². The minimum absolute atomic E-state index is 0.109. The van der Waals surface area contributed by atoms with Gasteiger partial charge in [0.05, 0.1) is 0 Å². The van der Waals surface area contributed by atoms with Crippen molar-refractivity contribution in [3.63, 3.8) is 0 Å². The van der Waals surface area contributed by atoms with Gasteiger partial charge in [0.2, 0.25) is 11.8 Å². The van der Waals surface area contributed by atoms with Gasteiger partial charge in [-0.1, -0.05) is 73.9 Å². The van der Waals surface area contributed by atoms with Gasteiger partial charge in [0.25, 0.3) is 0 Å². The first-order chi connectivity index (χ1) is 14.6. The molecule has 0 saturated heterocycles. The molecule has 0 unspecified atom stereocenters. The van der Waals surface area contributed by atoms with Gasteiger partial charge >= 0.3 is 0 Å². The maximum atomic E-state index is 13.5. The van der Waals surface area contributed by atoms with E-state index in [1.165, 1.54) is 6.42 Å². The minimum Gasteiger partial charge on any atom is -0.351 e. The van der Waals surface area contributed by atoms with E-state index in [1.54, 1.807) is 4.90 Å². The Hall–Kier alpha value is -2.33. The van der Waals surface area contributed by atoms with Crippen LogP contribution in [-0.2, 0) is 16.0 Å². The summed E-state index contributed by atoms with van der Waals surface area (Å²) in [4.78, 5) is 28.0. The summed E-state index contributed by atoms with van der Waals surface area (Å²) < 4.78 is 0. The molecule has 2 aromatic carbocycles. The summed E-state index contributed by atoms with van der Waals surface area (Å²) in [5.74, 6) is -0.476. The number of carbonyl (C=O) groups is 2. The van der Waals surface area contributed by atoms with Crippen molar-refractivity contribution in [2.45, 2.75) is 57.5 Å². The van der Waals surface area contributed by atoms with Crippen LogP contribution in [0.15, 0.2) is 54.6 Å². The van der Waals surface area contributed by atoms with Crippen molar-refractivity contribution in [1.82, 2.24) is 10.2 Å². The van der Waals surface area contributed by atoms with Gasteiger partial charge in [-0.25, -0.2) is 0 Å². The quantitative estimate of drug-likeness (QED) is 0.616.